The number of benzene rings is 1. The summed E-state index contributed by atoms with van der Waals surface area (Å²) in [6.07, 6.45) is -0.0179. The third-order valence-electron chi connectivity index (χ3n) is 4.33. The number of hydrogen-bond acceptors (Lipinski definition) is 6. The molecule has 1 atom stereocenters. The molecular weight excluding hydrogens is 355 g/mol. The first-order valence-electron chi connectivity index (χ1n) is 7.27. The molecule has 4 N–H and O–H groups in total. The van der Waals surface area contributed by atoms with Crippen molar-refractivity contribution in [2.45, 2.75) is 18.9 Å². The zero-order valence-electron chi connectivity index (χ0n) is 13.1. The van der Waals surface area contributed by atoms with E-state index in [1.807, 2.05) is 0 Å². The van der Waals surface area contributed by atoms with Gasteiger partial charge in [0.25, 0.3) is 5.69 Å². The van der Waals surface area contributed by atoms with Crippen molar-refractivity contribution in [1.82, 2.24) is 14.9 Å². The summed E-state index contributed by atoms with van der Waals surface area (Å²) >= 11 is 0. The molecular formula is C13H15N4O7P. The summed E-state index contributed by atoms with van der Waals surface area (Å²) in [7, 11) is -2.75. The molecule has 1 unspecified atom stereocenters. The molecule has 0 fully saturated rings. The fourth-order valence-corrected chi connectivity index (χ4v) is 4.04. The highest BCUT2D eigenvalue weighted by Crippen LogP contribution is 2.40. The van der Waals surface area contributed by atoms with Gasteiger partial charge >= 0.3 is 18.7 Å². The van der Waals surface area contributed by atoms with Gasteiger partial charge in [-0.25, -0.2) is 0 Å². The van der Waals surface area contributed by atoms with Crippen LogP contribution in [-0.2, 0) is 17.4 Å². The molecule has 0 saturated heterocycles. The Morgan fingerprint density at radius 2 is 1.88 bits per heavy atom. The van der Waals surface area contributed by atoms with Gasteiger partial charge in [0, 0.05) is 17.7 Å². The number of nitrogens with zero attached hydrogens (tertiary/aromatic N) is 2. The van der Waals surface area contributed by atoms with Crippen LogP contribution in [0.3, 0.4) is 0 Å². The van der Waals surface area contributed by atoms with Crippen LogP contribution in [0.25, 0.3) is 11.0 Å². The SMILES string of the molecule is CN(CP(=O)(O)O)C1Cc2c([N+](=O)[O-])cc3[nH]c(=O)c(=O)[nH]c3c2C1. The van der Waals surface area contributed by atoms with Crippen molar-refractivity contribution in [1.29, 1.82) is 0 Å². The lowest BCUT2D eigenvalue weighted by molar-refractivity contribution is -0.385. The predicted molar refractivity (Wildman–Crippen MR) is 87.7 cm³/mol. The number of fused-ring (bicyclic) bond motifs is 3. The topological polar surface area (TPSA) is 170 Å². The first kappa shape index (κ1) is 17.5. The Bertz CT molecular complexity index is 1040. The number of aromatic nitrogens is 2. The second-order valence-corrected chi connectivity index (χ2v) is 7.68. The normalized spacial score (nSPS) is 17.2. The van der Waals surface area contributed by atoms with Crippen LogP contribution in [-0.4, -0.2) is 49.0 Å². The third-order valence-corrected chi connectivity index (χ3v) is 5.14. The van der Waals surface area contributed by atoms with E-state index >= 15 is 0 Å². The summed E-state index contributed by atoms with van der Waals surface area (Å²) in [5.41, 5.74) is -0.628. The Balaban J connectivity index is 2.13. The van der Waals surface area contributed by atoms with E-state index in [1.165, 1.54) is 18.0 Å². The van der Waals surface area contributed by atoms with Crippen molar-refractivity contribution in [3.8, 4) is 0 Å². The Morgan fingerprint density at radius 1 is 1.28 bits per heavy atom. The fourth-order valence-electron chi connectivity index (χ4n) is 3.23. The molecule has 0 aliphatic heterocycles. The molecule has 3 rings (SSSR count). The molecule has 1 aliphatic rings. The smallest absolute Gasteiger partial charge is 0.324 e. The first-order chi connectivity index (χ1) is 11.6. The minimum Gasteiger partial charge on any atom is -0.324 e. The lowest BCUT2D eigenvalue weighted by Gasteiger charge is -2.23. The van der Waals surface area contributed by atoms with Crippen molar-refractivity contribution in [2.24, 2.45) is 0 Å². The number of H-pyrrole nitrogens is 2. The molecule has 25 heavy (non-hydrogen) atoms. The number of rotatable bonds is 4. The molecule has 0 spiro atoms. The molecule has 11 nitrogen and oxygen atoms in total. The number of aromatic amines is 2. The van der Waals surface area contributed by atoms with Crippen molar-refractivity contribution < 1.29 is 19.3 Å². The van der Waals surface area contributed by atoms with Crippen LogP contribution in [0.1, 0.15) is 11.1 Å². The third kappa shape index (κ3) is 3.27. The zero-order chi connectivity index (χ0) is 18.5. The number of hydrogen-bond donors (Lipinski definition) is 4. The average molecular weight is 370 g/mol. The zero-order valence-corrected chi connectivity index (χ0v) is 13.9. The summed E-state index contributed by atoms with van der Waals surface area (Å²) in [6.45, 7) is 0. The molecule has 0 amide bonds. The first-order valence-corrected chi connectivity index (χ1v) is 9.07. The highest BCUT2D eigenvalue weighted by molar-refractivity contribution is 7.51. The van der Waals surface area contributed by atoms with Crippen molar-refractivity contribution in [2.75, 3.05) is 13.3 Å². The van der Waals surface area contributed by atoms with Crippen molar-refractivity contribution in [3.63, 3.8) is 0 Å². The Morgan fingerprint density at radius 3 is 2.48 bits per heavy atom. The van der Waals surface area contributed by atoms with Crippen LogP contribution in [0.15, 0.2) is 15.7 Å². The van der Waals surface area contributed by atoms with Crippen molar-refractivity contribution in [3.05, 3.63) is 48.0 Å². The maximum Gasteiger partial charge on any atom is 0.339 e. The molecule has 1 aromatic carbocycles. The van der Waals surface area contributed by atoms with Gasteiger partial charge in [-0.15, -0.1) is 0 Å². The van der Waals surface area contributed by atoms with Crippen LogP contribution < -0.4 is 11.1 Å². The lowest BCUT2D eigenvalue weighted by Crippen LogP contribution is -2.33. The Hall–Kier alpha value is -2.33. The second kappa shape index (κ2) is 5.88. The van der Waals surface area contributed by atoms with E-state index in [9.17, 15) is 24.3 Å². The van der Waals surface area contributed by atoms with E-state index in [2.05, 4.69) is 9.97 Å². The minimum atomic E-state index is -4.28. The van der Waals surface area contributed by atoms with Gasteiger partial charge in [-0.05, 0) is 25.5 Å². The molecule has 1 aliphatic carbocycles. The van der Waals surface area contributed by atoms with E-state index < -0.39 is 29.9 Å². The number of nitro benzene ring substituents is 1. The van der Waals surface area contributed by atoms with Crippen LogP contribution in [0.5, 0.6) is 0 Å². The summed E-state index contributed by atoms with van der Waals surface area (Å²) < 4.78 is 11.2. The summed E-state index contributed by atoms with van der Waals surface area (Å²) in [6, 6.07) is 0.819. The lowest BCUT2D eigenvalue weighted by atomic mass is 10.1. The Kier molecular flexibility index (Phi) is 4.12. The van der Waals surface area contributed by atoms with Gasteiger partial charge < -0.3 is 19.8 Å². The predicted octanol–water partition coefficient (Wildman–Crippen LogP) is -0.341. The maximum atomic E-state index is 11.6. The highest BCUT2D eigenvalue weighted by Gasteiger charge is 2.34. The minimum absolute atomic E-state index is 0.147. The van der Waals surface area contributed by atoms with Crippen LogP contribution >= 0.6 is 7.60 Å². The van der Waals surface area contributed by atoms with E-state index in [4.69, 9.17) is 9.79 Å². The van der Waals surface area contributed by atoms with Gasteiger partial charge in [0.1, 0.15) is 6.29 Å². The second-order valence-electron chi connectivity index (χ2n) is 6.07. The molecule has 0 radical (unpaired) electrons. The molecule has 0 saturated carbocycles. The quantitative estimate of drug-likeness (QED) is 0.245. The van der Waals surface area contributed by atoms with E-state index in [0.717, 1.165) is 0 Å². The highest BCUT2D eigenvalue weighted by atomic mass is 31.2. The standard InChI is InChI=1S/C13H15N4O7P/c1-16(5-25(22,23)24)6-2-7-8(3-6)11-9(4-10(7)17(20)21)14-12(18)13(19)15-11/h4,6H,2-3,5H2,1H3,(H,14,18)(H,15,19)(H2,22,23,24). The van der Waals surface area contributed by atoms with Gasteiger partial charge in [-0.2, -0.15) is 0 Å². The van der Waals surface area contributed by atoms with E-state index in [-0.39, 0.29) is 30.1 Å². The molecule has 1 heterocycles. The maximum absolute atomic E-state index is 11.6. The van der Waals surface area contributed by atoms with Gasteiger partial charge in [0.05, 0.1) is 16.0 Å². The molecule has 12 heteroatoms. The van der Waals surface area contributed by atoms with Crippen LogP contribution in [0, 0.1) is 10.1 Å². The molecule has 0 bridgehead atoms. The van der Waals surface area contributed by atoms with Gasteiger partial charge in [-0.3, -0.25) is 29.2 Å². The number of likely N-dealkylation sites (N-methyl/N-ethyl adjacent to an activating group) is 1. The molecule has 2 aromatic rings. The van der Waals surface area contributed by atoms with Gasteiger partial charge in [-0.1, -0.05) is 0 Å². The Labute approximate surface area is 139 Å². The summed E-state index contributed by atoms with van der Waals surface area (Å²) in [4.78, 5) is 58.3. The van der Waals surface area contributed by atoms with Crippen LogP contribution in [0.4, 0.5) is 5.69 Å². The summed E-state index contributed by atoms with van der Waals surface area (Å²) in [5.74, 6) is 0. The van der Waals surface area contributed by atoms with Crippen molar-refractivity contribution >= 4 is 24.3 Å². The number of nitro groups is 1. The fraction of sp³-hybridized carbons (Fsp3) is 0.385. The monoisotopic (exact) mass is 370 g/mol. The van der Waals surface area contributed by atoms with Gasteiger partial charge in [0.15, 0.2) is 0 Å². The summed E-state index contributed by atoms with van der Waals surface area (Å²) in [5, 5.41) is 11.4. The largest absolute Gasteiger partial charge is 0.339 e. The molecule has 134 valence electrons. The van der Waals surface area contributed by atoms with Crippen LogP contribution in [0.2, 0.25) is 0 Å². The average Bonchev–Trinajstić information content (AvgIpc) is 2.91. The van der Waals surface area contributed by atoms with E-state index in [0.29, 0.717) is 16.6 Å². The van der Waals surface area contributed by atoms with E-state index in [1.54, 1.807) is 0 Å². The number of nitrogens with one attached hydrogen (secondary N) is 2. The van der Waals surface area contributed by atoms with Gasteiger partial charge in [0.2, 0.25) is 0 Å². The molecule has 1 aromatic heterocycles.